The minimum absolute atomic E-state index is 0.696. The first-order valence-corrected chi connectivity index (χ1v) is 7.96. The number of piperidine rings is 1. The van der Waals surface area contributed by atoms with E-state index >= 15 is 0 Å². The van der Waals surface area contributed by atoms with E-state index in [0.29, 0.717) is 6.04 Å². The molecule has 1 saturated heterocycles. The number of nitrogens with zero attached hydrogens (tertiary/aromatic N) is 2. The van der Waals surface area contributed by atoms with E-state index in [1.54, 1.807) is 0 Å². The monoisotopic (exact) mass is 273 g/mol. The number of hydrogen-bond acceptors (Lipinski definition) is 3. The predicted molar refractivity (Wildman–Crippen MR) is 85.2 cm³/mol. The molecule has 0 unspecified atom stereocenters. The smallest absolute Gasteiger partial charge is 0.0366 e. The van der Waals surface area contributed by atoms with Gasteiger partial charge in [-0.15, -0.1) is 0 Å². The van der Waals surface area contributed by atoms with Crippen molar-refractivity contribution in [1.82, 2.24) is 10.2 Å². The van der Waals surface area contributed by atoms with Gasteiger partial charge in [0.15, 0.2) is 0 Å². The van der Waals surface area contributed by atoms with E-state index < -0.39 is 0 Å². The van der Waals surface area contributed by atoms with E-state index in [2.05, 4.69) is 53.5 Å². The highest BCUT2D eigenvalue weighted by molar-refractivity contribution is 5.48. The van der Waals surface area contributed by atoms with E-state index in [4.69, 9.17) is 0 Å². The maximum atomic E-state index is 3.57. The van der Waals surface area contributed by atoms with Crippen molar-refractivity contribution >= 4 is 5.69 Å². The van der Waals surface area contributed by atoms with Crippen molar-refractivity contribution in [3.05, 3.63) is 29.8 Å². The summed E-state index contributed by atoms with van der Waals surface area (Å²) in [6.45, 7) is 3.46. The second-order valence-electron chi connectivity index (χ2n) is 6.47. The van der Waals surface area contributed by atoms with Gasteiger partial charge in [-0.25, -0.2) is 0 Å². The lowest BCUT2D eigenvalue weighted by molar-refractivity contribution is 0.253. The van der Waals surface area contributed by atoms with Gasteiger partial charge in [0.25, 0.3) is 0 Å². The molecule has 0 amide bonds. The lowest BCUT2D eigenvalue weighted by Crippen LogP contribution is -2.41. The summed E-state index contributed by atoms with van der Waals surface area (Å²) in [5.41, 5.74) is 2.76. The van der Waals surface area contributed by atoms with Gasteiger partial charge in [-0.05, 0) is 63.5 Å². The van der Waals surface area contributed by atoms with Crippen LogP contribution < -0.4 is 10.2 Å². The molecule has 110 valence electrons. The number of anilines is 1. The largest absolute Gasteiger partial charge is 0.372 e. The van der Waals surface area contributed by atoms with Crippen LogP contribution in [0.5, 0.6) is 0 Å². The topological polar surface area (TPSA) is 18.5 Å². The van der Waals surface area contributed by atoms with Crippen molar-refractivity contribution in [3.63, 3.8) is 0 Å². The van der Waals surface area contributed by atoms with Crippen molar-refractivity contribution in [2.75, 3.05) is 32.1 Å². The molecule has 1 saturated carbocycles. The van der Waals surface area contributed by atoms with Crippen LogP contribution >= 0.6 is 0 Å². The van der Waals surface area contributed by atoms with Crippen LogP contribution in [-0.4, -0.2) is 44.2 Å². The second kappa shape index (κ2) is 6.15. The Labute approximate surface area is 123 Å². The Hall–Kier alpha value is -1.06. The molecule has 1 heterocycles. The van der Waals surface area contributed by atoms with Gasteiger partial charge in [-0.3, -0.25) is 0 Å². The van der Waals surface area contributed by atoms with Crippen molar-refractivity contribution in [3.8, 4) is 0 Å². The van der Waals surface area contributed by atoms with Gasteiger partial charge >= 0.3 is 0 Å². The molecule has 0 atom stereocenters. The Bertz CT molecular complexity index is 416. The molecular formula is C17H27N3. The first-order chi connectivity index (χ1) is 9.72. The lowest BCUT2D eigenvalue weighted by atomic mass is 10.0. The Morgan fingerprint density at radius 2 is 1.75 bits per heavy atom. The second-order valence-corrected chi connectivity index (χ2v) is 6.47. The molecule has 0 radical (unpaired) electrons. The maximum absolute atomic E-state index is 3.57. The molecule has 3 nitrogen and oxygen atoms in total. The minimum Gasteiger partial charge on any atom is -0.372 e. The fraction of sp³-hybridized carbons (Fsp3) is 0.647. The SMILES string of the molecule is CN1CCC(N(C)c2ccc(CNC3CC3)cc2)CC1. The summed E-state index contributed by atoms with van der Waals surface area (Å²) in [6, 6.07) is 10.6. The summed E-state index contributed by atoms with van der Waals surface area (Å²) in [5.74, 6) is 0. The molecule has 3 heteroatoms. The number of likely N-dealkylation sites (tertiary alicyclic amines) is 1. The zero-order valence-corrected chi connectivity index (χ0v) is 12.8. The van der Waals surface area contributed by atoms with Gasteiger partial charge in [0, 0.05) is 31.4 Å². The van der Waals surface area contributed by atoms with Crippen LogP contribution in [-0.2, 0) is 6.54 Å². The van der Waals surface area contributed by atoms with Crippen LogP contribution in [0.15, 0.2) is 24.3 Å². The van der Waals surface area contributed by atoms with E-state index in [1.807, 2.05) is 0 Å². The Kier molecular flexibility index (Phi) is 4.27. The van der Waals surface area contributed by atoms with Crippen LogP contribution in [0.3, 0.4) is 0 Å². The fourth-order valence-corrected chi connectivity index (χ4v) is 2.99. The van der Waals surface area contributed by atoms with Crippen molar-refractivity contribution in [1.29, 1.82) is 0 Å². The van der Waals surface area contributed by atoms with E-state index in [-0.39, 0.29) is 0 Å². The van der Waals surface area contributed by atoms with Crippen LogP contribution in [0.2, 0.25) is 0 Å². The van der Waals surface area contributed by atoms with Crippen molar-refractivity contribution in [2.24, 2.45) is 0 Å². The summed E-state index contributed by atoms with van der Waals surface area (Å²) in [7, 11) is 4.46. The van der Waals surface area contributed by atoms with Crippen molar-refractivity contribution in [2.45, 2.75) is 44.3 Å². The zero-order valence-electron chi connectivity index (χ0n) is 12.8. The highest BCUT2D eigenvalue weighted by atomic mass is 15.2. The standard InChI is InChI=1S/C17H27N3/c1-19-11-9-17(10-12-19)20(2)16-7-3-14(4-8-16)13-18-15-5-6-15/h3-4,7-8,15,17-18H,5-6,9-13H2,1-2H3. The molecular weight excluding hydrogens is 246 g/mol. The molecule has 2 aliphatic rings. The summed E-state index contributed by atoms with van der Waals surface area (Å²) in [5, 5.41) is 3.57. The van der Waals surface area contributed by atoms with Gasteiger partial charge < -0.3 is 15.1 Å². The molecule has 2 fully saturated rings. The quantitative estimate of drug-likeness (QED) is 0.889. The third-order valence-electron chi connectivity index (χ3n) is 4.75. The first-order valence-electron chi connectivity index (χ1n) is 7.96. The highest BCUT2D eigenvalue weighted by Crippen LogP contribution is 2.23. The number of nitrogens with one attached hydrogen (secondary N) is 1. The average Bonchev–Trinajstić information content (AvgIpc) is 3.30. The van der Waals surface area contributed by atoms with Gasteiger partial charge in [0.05, 0.1) is 0 Å². The number of rotatable bonds is 5. The molecule has 20 heavy (non-hydrogen) atoms. The minimum atomic E-state index is 0.696. The molecule has 1 aromatic carbocycles. The fourth-order valence-electron chi connectivity index (χ4n) is 2.99. The Morgan fingerprint density at radius 3 is 2.35 bits per heavy atom. The van der Waals surface area contributed by atoms with E-state index in [0.717, 1.165) is 12.6 Å². The third kappa shape index (κ3) is 3.53. The van der Waals surface area contributed by atoms with Crippen LogP contribution in [0.25, 0.3) is 0 Å². The van der Waals surface area contributed by atoms with E-state index in [1.165, 1.54) is 50.0 Å². The molecule has 1 aliphatic carbocycles. The lowest BCUT2D eigenvalue weighted by Gasteiger charge is -2.36. The number of hydrogen-bond donors (Lipinski definition) is 1. The third-order valence-corrected chi connectivity index (χ3v) is 4.75. The predicted octanol–water partition coefficient (Wildman–Crippen LogP) is 2.47. The van der Waals surface area contributed by atoms with Gasteiger partial charge in [-0.1, -0.05) is 12.1 Å². The molecule has 1 N–H and O–H groups in total. The summed E-state index contributed by atoms with van der Waals surface area (Å²) in [6.07, 6.45) is 5.27. The molecule has 1 aromatic rings. The summed E-state index contributed by atoms with van der Waals surface area (Å²) < 4.78 is 0. The summed E-state index contributed by atoms with van der Waals surface area (Å²) >= 11 is 0. The normalized spacial score (nSPS) is 21.1. The van der Waals surface area contributed by atoms with Gasteiger partial charge in [-0.2, -0.15) is 0 Å². The van der Waals surface area contributed by atoms with Crippen LogP contribution in [0, 0.1) is 0 Å². The summed E-state index contributed by atoms with van der Waals surface area (Å²) in [4.78, 5) is 4.89. The highest BCUT2D eigenvalue weighted by Gasteiger charge is 2.21. The average molecular weight is 273 g/mol. The number of benzene rings is 1. The zero-order chi connectivity index (χ0) is 13.9. The van der Waals surface area contributed by atoms with Crippen LogP contribution in [0.4, 0.5) is 5.69 Å². The maximum Gasteiger partial charge on any atom is 0.0366 e. The van der Waals surface area contributed by atoms with Crippen LogP contribution in [0.1, 0.15) is 31.2 Å². The molecule has 0 bridgehead atoms. The van der Waals surface area contributed by atoms with Crippen molar-refractivity contribution < 1.29 is 0 Å². The Morgan fingerprint density at radius 1 is 1.10 bits per heavy atom. The molecule has 0 aromatic heterocycles. The van der Waals surface area contributed by atoms with E-state index in [9.17, 15) is 0 Å². The molecule has 3 rings (SSSR count). The molecule has 0 spiro atoms. The first kappa shape index (κ1) is 13.9. The Balaban J connectivity index is 1.55. The van der Waals surface area contributed by atoms with Gasteiger partial charge in [0.1, 0.15) is 0 Å². The molecule has 1 aliphatic heterocycles. The van der Waals surface area contributed by atoms with Gasteiger partial charge in [0.2, 0.25) is 0 Å².